The second-order valence-corrected chi connectivity index (χ2v) is 3.97. The molecule has 0 spiro atoms. The topological polar surface area (TPSA) is 37.3 Å². The first-order valence-electron chi connectivity index (χ1n) is 4.13. The summed E-state index contributed by atoms with van der Waals surface area (Å²) in [6.07, 6.45) is 0. The molecule has 4 heteroatoms. The van der Waals surface area contributed by atoms with Crippen molar-refractivity contribution in [3.63, 3.8) is 0 Å². The van der Waals surface area contributed by atoms with Crippen LogP contribution >= 0.6 is 24.2 Å². The molecule has 0 aliphatic heterocycles. The second kappa shape index (κ2) is 4.82. The quantitative estimate of drug-likeness (QED) is 0.618. The van der Waals surface area contributed by atoms with E-state index in [9.17, 15) is 4.79 Å². The molecular formula is C10H11ClO2S. The summed E-state index contributed by atoms with van der Waals surface area (Å²) in [5.74, 6) is -0.131. The number of ketones is 1. The standard InChI is InChI=1S/C10H11ClO2S/c1-6(13)10(11)9-3-2-8(14)4-7(9)5-12/h2-4,10,12,14H,5H2,1H3. The van der Waals surface area contributed by atoms with Crippen molar-refractivity contribution in [2.75, 3.05) is 0 Å². The largest absolute Gasteiger partial charge is 0.392 e. The van der Waals surface area contributed by atoms with E-state index >= 15 is 0 Å². The Morgan fingerprint density at radius 2 is 2.29 bits per heavy atom. The molecule has 0 aliphatic rings. The number of aliphatic hydroxyl groups excluding tert-OH is 1. The summed E-state index contributed by atoms with van der Waals surface area (Å²) in [5.41, 5.74) is 1.30. The number of rotatable bonds is 3. The van der Waals surface area contributed by atoms with Crippen molar-refractivity contribution in [2.24, 2.45) is 0 Å². The van der Waals surface area contributed by atoms with E-state index in [1.807, 2.05) is 0 Å². The van der Waals surface area contributed by atoms with Gasteiger partial charge in [0.15, 0.2) is 5.78 Å². The van der Waals surface area contributed by atoms with Crippen molar-refractivity contribution in [1.82, 2.24) is 0 Å². The molecule has 0 bridgehead atoms. The molecule has 1 unspecified atom stereocenters. The van der Waals surface area contributed by atoms with E-state index in [1.54, 1.807) is 18.2 Å². The number of alkyl halides is 1. The Balaban J connectivity index is 3.13. The van der Waals surface area contributed by atoms with Crippen LogP contribution in [-0.2, 0) is 11.4 Å². The summed E-state index contributed by atoms with van der Waals surface area (Å²) in [7, 11) is 0. The highest BCUT2D eigenvalue weighted by molar-refractivity contribution is 7.80. The molecule has 0 aliphatic carbocycles. The summed E-state index contributed by atoms with van der Waals surface area (Å²) in [6, 6.07) is 5.17. The van der Waals surface area contributed by atoms with Crippen LogP contribution in [0.3, 0.4) is 0 Å². The van der Waals surface area contributed by atoms with E-state index < -0.39 is 5.38 Å². The average molecular weight is 231 g/mol. The molecule has 2 nitrogen and oxygen atoms in total. The van der Waals surface area contributed by atoms with Crippen molar-refractivity contribution >= 4 is 30.0 Å². The SMILES string of the molecule is CC(=O)C(Cl)c1ccc(S)cc1CO. The lowest BCUT2D eigenvalue weighted by molar-refractivity contribution is -0.116. The third kappa shape index (κ3) is 2.50. The maximum absolute atomic E-state index is 11.1. The number of Topliss-reactive ketones (excluding diaryl/α,β-unsaturated/α-hetero) is 1. The summed E-state index contributed by atoms with van der Waals surface area (Å²) in [5, 5.41) is 8.38. The predicted octanol–water partition coefficient (Wildman–Crippen LogP) is 2.34. The van der Waals surface area contributed by atoms with Gasteiger partial charge >= 0.3 is 0 Å². The summed E-state index contributed by atoms with van der Waals surface area (Å²) >= 11 is 10.0. The van der Waals surface area contributed by atoms with E-state index in [1.165, 1.54) is 6.92 Å². The highest BCUT2D eigenvalue weighted by Crippen LogP contribution is 2.26. The van der Waals surface area contributed by atoms with Crippen LogP contribution in [0.1, 0.15) is 23.4 Å². The number of aliphatic hydroxyl groups is 1. The Bertz CT molecular complexity index is 352. The zero-order valence-corrected chi connectivity index (χ0v) is 9.35. The maximum atomic E-state index is 11.1. The first kappa shape index (κ1) is 11.6. The highest BCUT2D eigenvalue weighted by Gasteiger charge is 2.16. The number of benzene rings is 1. The molecule has 0 heterocycles. The van der Waals surface area contributed by atoms with Crippen LogP contribution in [-0.4, -0.2) is 10.9 Å². The van der Waals surface area contributed by atoms with Crippen LogP contribution in [0.15, 0.2) is 23.1 Å². The van der Waals surface area contributed by atoms with Gasteiger partial charge in [0.2, 0.25) is 0 Å². The van der Waals surface area contributed by atoms with Crippen molar-refractivity contribution in [3.05, 3.63) is 29.3 Å². The van der Waals surface area contributed by atoms with Crippen LogP contribution in [0, 0.1) is 0 Å². The molecule has 0 radical (unpaired) electrons. The fourth-order valence-corrected chi connectivity index (χ4v) is 1.64. The first-order valence-corrected chi connectivity index (χ1v) is 5.01. The molecule has 0 fully saturated rings. The third-order valence-corrected chi connectivity index (χ3v) is 2.75. The maximum Gasteiger partial charge on any atom is 0.152 e. The zero-order chi connectivity index (χ0) is 10.7. The monoisotopic (exact) mass is 230 g/mol. The third-order valence-electron chi connectivity index (χ3n) is 1.93. The lowest BCUT2D eigenvalue weighted by Gasteiger charge is -2.11. The minimum absolute atomic E-state index is 0.131. The Morgan fingerprint density at radius 3 is 2.79 bits per heavy atom. The van der Waals surface area contributed by atoms with Gasteiger partial charge in [-0.15, -0.1) is 24.2 Å². The van der Waals surface area contributed by atoms with Crippen molar-refractivity contribution in [2.45, 2.75) is 23.8 Å². The van der Waals surface area contributed by atoms with Crippen LogP contribution in [0.5, 0.6) is 0 Å². The second-order valence-electron chi connectivity index (χ2n) is 3.01. The first-order chi connectivity index (χ1) is 6.56. The van der Waals surface area contributed by atoms with Gasteiger partial charge in [0, 0.05) is 4.90 Å². The molecule has 1 aromatic rings. The molecule has 0 amide bonds. The Kier molecular flexibility index (Phi) is 3.98. The summed E-state index contributed by atoms with van der Waals surface area (Å²) in [4.78, 5) is 11.8. The molecule has 76 valence electrons. The number of carbonyl (C=O) groups is 1. The Morgan fingerprint density at radius 1 is 1.64 bits per heavy atom. The molecule has 1 N–H and O–H groups in total. The fourth-order valence-electron chi connectivity index (χ4n) is 1.20. The molecule has 0 aromatic heterocycles. The Hall–Kier alpha value is -0.510. The van der Waals surface area contributed by atoms with Crippen molar-refractivity contribution in [3.8, 4) is 0 Å². The van der Waals surface area contributed by atoms with Crippen molar-refractivity contribution < 1.29 is 9.90 Å². The zero-order valence-electron chi connectivity index (χ0n) is 7.70. The van der Waals surface area contributed by atoms with Gasteiger partial charge in [-0.25, -0.2) is 0 Å². The van der Waals surface area contributed by atoms with E-state index in [2.05, 4.69) is 12.6 Å². The smallest absolute Gasteiger partial charge is 0.152 e. The minimum atomic E-state index is -0.689. The van der Waals surface area contributed by atoms with Gasteiger partial charge in [-0.1, -0.05) is 6.07 Å². The number of carbonyl (C=O) groups excluding carboxylic acids is 1. The Labute approximate surface area is 93.3 Å². The van der Waals surface area contributed by atoms with Gasteiger partial charge in [0.05, 0.1) is 6.61 Å². The van der Waals surface area contributed by atoms with Gasteiger partial charge in [-0.05, 0) is 30.2 Å². The van der Waals surface area contributed by atoms with Crippen molar-refractivity contribution in [1.29, 1.82) is 0 Å². The van der Waals surface area contributed by atoms with Gasteiger partial charge in [0.1, 0.15) is 5.38 Å². The van der Waals surface area contributed by atoms with E-state index in [-0.39, 0.29) is 12.4 Å². The van der Waals surface area contributed by atoms with E-state index in [0.717, 1.165) is 4.90 Å². The molecule has 1 aromatic carbocycles. The molecule has 14 heavy (non-hydrogen) atoms. The number of halogens is 1. The van der Waals surface area contributed by atoms with Crippen LogP contribution in [0.2, 0.25) is 0 Å². The number of thiol groups is 1. The lowest BCUT2D eigenvalue weighted by atomic mass is 10.0. The molecule has 1 rings (SSSR count). The average Bonchev–Trinajstić information content (AvgIpc) is 2.16. The molecule has 1 atom stereocenters. The normalized spacial score (nSPS) is 12.6. The number of hydrogen-bond acceptors (Lipinski definition) is 3. The molecular weight excluding hydrogens is 220 g/mol. The van der Waals surface area contributed by atoms with Crippen LogP contribution < -0.4 is 0 Å². The van der Waals surface area contributed by atoms with Gasteiger partial charge in [-0.2, -0.15) is 0 Å². The predicted molar refractivity (Wildman–Crippen MR) is 58.9 cm³/mol. The minimum Gasteiger partial charge on any atom is -0.392 e. The molecule has 0 saturated carbocycles. The summed E-state index contributed by atoms with van der Waals surface area (Å²) in [6.45, 7) is 1.29. The van der Waals surface area contributed by atoms with Gasteiger partial charge in [0.25, 0.3) is 0 Å². The fraction of sp³-hybridized carbons (Fsp3) is 0.300. The van der Waals surface area contributed by atoms with Crippen LogP contribution in [0.4, 0.5) is 0 Å². The van der Waals surface area contributed by atoms with Gasteiger partial charge in [-0.3, -0.25) is 4.79 Å². The summed E-state index contributed by atoms with van der Waals surface area (Å²) < 4.78 is 0. The highest BCUT2D eigenvalue weighted by atomic mass is 35.5. The lowest BCUT2D eigenvalue weighted by Crippen LogP contribution is -2.05. The van der Waals surface area contributed by atoms with E-state index in [0.29, 0.717) is 11.1 Å². The van der Waals surface area contributed by atoms with Gasteiger partial charge < -0.3 is 5.11 Å². The van der Waals surface area contributed by atoms with E-state index in [4.69, 9.17) is 16.7 Å². The molecule has 0 saturated heterocycles. The van der Waals surface area contributed by atoms with Crippen LogP contribution in [0.25, 0.3) is 0 Å². The number of hydrogen-bond donors (Lipinski definition) is 2.